The molecule has 3 aromatic carbocycles. The normalized spacial score (nSPS) is 10.4. The maximum absolute atomic E-state index is 13.7. The molecule has 0 saturated carbocycles. The van der Waals surface area contributed by atoms with E-state index in [4.69, 9.17) is 0 Å². The first kappa shape index (κ1) is 18.2. The summed E-state index contributed by atoms with van der Waals surface area (Å²) in [5.74, 6) is -2.35. The second kappa shape index (κ2) is 7.74. The van der Waals surface area contributed by atoms with Crippen LogP contribution in [0.2, 0.25) is 0 Å². The fourth-order valence-corrected chi connectivity index (χ4v) is 2.61. The van der Waals surface area contributed by atoms with Crippen molar-refractivity contribution in [2.45, 2.75) is 6.54 Å². The third-order valence-corrected chi connectivity index (χ3v) is 3.99. The summed E-state index contributed by atoms with van der Waals surface area (Å²) in [6.07, 6.45) is 0. The van der Waals surface area contributed by atoms with Crippen LogP contribution in [0, 0.1) is 21.7 Å². The molecule has 136 valence electrons. The summed E-state index contributed by atoms with van der Waals surface area (Å²) in [5, 5.41) is 14.1. The lowest BCUT2D eigenvalue weighted by Crippen LogP contribution is -2.07. The zero-order valence-electron chi connectivity index (χ0n) is 14.0. The Hall–Kier alpha value is -3.61. The van der Waals surface area contributed by atoms with Gasteiger partial charge in [-0.1, -0.05) is 42.5 Å². The molecule has 0 bridgehead atoms. The summed E-state index contributed by atoms with van der Waals surface area (Å²) in [6, 6.07) is 16.1. The molecule has 7 heteroatoms. The van der Waals surface area contributed by atoms with E-state index < -0.39 is 16.6 Å². The van der Waals surface area contributed by atoms with E-state index in [1.165, 1.54) is 30.3 Å². The lowest BCUT2D eigenvalue weighted by Gasteiger charge is -2.10. The number of carbonyl (C=O) groups excluding carboxylic acids is 1. The Morgan fingerprint density at radius 2 is 1.70 bits per heavy atom. The van der Waals surface area contributed by atoms with Crippen molar-refractivity contribution >= 4 is 17.2 Å². The van der Waals surface area contributed by atoms with E-state index in [1.807, 2.05) is 0 Å². The van der Waals surface area contributed by atoms with Gasteiger partial charge in [0.2, 0.25) is 0 Å². The number of hydrogen-bond acceptors (Lipinski definition) is 4. The van der Waals surface area contributed by atoms with Crippen molar-refractivity contribution in [1.82, 2.24) is 0 Å². The van der Waals surface area contributed by atoms with E-state index in [2.05, 4.69) is 5.32 Å². The van der Waals surface area contributed by atoms with Crippen LogP contribution < -0.4 is 5.32 Å². The van der Waals surface area contributed by atoms with Gasteiger partial charge in [0.1, 0.15) is 5.69 Å². The van der Waals surface area contributed by atoms with Crippen LogP contribution in [0.3, 0.4) is 0 Å². The molecule has 0 amide bonds. The Labute approximate surface area is 153 Å². The molecule has 0 aliphatic heterocycles. The lowest BCUT2D eigenvalue weighted by atomic mass is 10.0. The van der Waals surface area contributed by atoms with Crippen LogP contribution >= 0.6 is 0 Å². The summed E-state index contributed by atoms with van der Waals surface area (Å²) in [7, 11) is 0. The second-order valence-corrected chi connectivity index (χ2v) is 5.75. The number of halogens is 2. The van der Waals surface area contributed by atoms with E-state index in [0.717, 1.165) is 6.07 Å². The van der Waals surface area contributed by atoms with E-state index in [-0.39, 0.29) is 34.8 Å². The zero-order valence-corrected chi connectivity index (χ0v) is 14.0. The molecule has 0 unspecified atom stereocenters. The minimum atomic E-state index is -1.01. The number of nitrogens with one attached hydrogen (secondary N) is 1. The first-order valence-corrected chi connectivity index (χ1v) is 8.02. The summed E-state index contributed by atoms with van der Waals surface area (Å²) in [5.41, 5.74) is 0.389. The summed E-state index contributed by atoms with van der Waals surface area (Å²) < 4.78 is 27.0. The highest BCUT2D eigenvalue weighted by Gasteiger charge is 2.19. The lowest BCUT2D eigenvalue weighted by molar-refractivity contribution is -0.384. The van der Waals surface area contributed by atoms with Crippen molar-refractivity contribution in [1.29, 1.82) is 0 Å². The third kappa shape index (κ3) is 3.98. The van der Waals surface area contributed by atoms with E-state index in [0.29, 0.717) is 5.56 Å². The second-order valence-electron chi connectivity index (χ2n) is 5.75. The quantitative estimate of drug-likeness (QED) is 0.388. The van der Waals surface area contributed by atoms with Crippen LogP contribution in [0.1, 0.15) is 21.5 Å². The molecule has 0 fully saturated rings. The molecule has 0 atom stereocenters. The number of hydrogen-bond donors (Lipinski definition) is 1. The van der Waals surface area contributed by atoms with Gasteiger partial charge >= 0.3 is 0 Å². The molecule has 0 aromatic heterocycles. The van der Waals surface area contributed by atoms with Gasteiger partial charge in [-0.3, -0.25) is 14.9 Å². The van der Waals surface area contributed by atoms with Crippen LogP contribution in [-0.2, 0) is 6.54 Å². The Balaban J connectivity index is 1.87. The number of ketones is 1. The van der Waals surface area contributed by atoms with Gasteiger partial charge in [-0.05, 0) is 18.2 Å². The first-order valence-electron chi connectivity index (χ1n) is 8.02. The van der Waals surface area contributed by atoms with Gasteiger partial charge in [0.15, 0.2) is 17.4 Å². The average molecular weight is 368 g/mol. The summed E-state index contributed by atoms with van der Waals surface area (Å²) in [4.78, 5) is 23.2. The molecule has 0 spiro atoms. The molecule has 27 heavy (non-hydrogen) atoms. The summed E-state index contributed by atoms with van der Waals surface area (Å²) >= 11 is 0. The highest BCUT2D eigenvalue weighted by Crippen LogP contribution is 2.27. The SMILES string of the molecule is O=C(c1ccccc1)c1ccc(NCc2cccc(F)c2F)c([N+](=O)[O-])c1. The Bertz CT molecular complexity index is 1010. The van der Waals surface area contributed by atoms with Crippen LogP contribution in [0.5, 0.6) is 0 Å². The molecule has 0 radical (unpaired) electrons. The molecular formula is C20H14F2N2O3. The van der Waals surface area contributed by atoms with Crippen molar-refractivity contribution in [2.75, 3.05) is 5.32 Å². The minimum absolute atomic E-state index is 0.0359. The third-order valence-electron chi connectivity index (χ3n) is 3.99. The molecule has 3 rings (SSSR count). The van der Waals surface area contributed by atoms with Gasteiger partial charge in [0.05, 0.1) is 4.92 Å². The number of benzene rings is 3. The number of nitrogens with zero attached hydrogens (tertiary/aromatic N) is 1. The van der Waals surface area contributed by atoms with Crippen LogP contribution in [-0.4, -0.2) is 10.7 Å². The Morgan fingerprint density at radius 3 is 2.41 bits per heavy atom. The molecule has 5 nitrogen and oxygen atoms in total. The number of nitro benzene ring substituents is 1. The number of anilines is 1. The fraction of sp³-hybridized carbons (Fsp3) is 0.0500. The van der Waals surface area contributed by atoms with E-state index >= 15 is 0 Å². The molecular weight excluding hydrogens is 354 g/mol. The predicted molar refractivity (Wildman–Crippen MR) is 96.7 cm³/mol. The number of nitro groups is 1. The van der Waals surface area contributed by atoms with Crippen LogP contribution in [0.25, 0.3) is 0 Å². The van der Waals surface area contributed by atoms with Crippen LogP contribution in [0.15, 0.2) is 66.7 Å². The predicted octanol–water partition coefficient (Wildman–Crippen LogP) is 4.72. The fourth-order valence-electron chi connectivity index (χ4n) is 2.61. The zero-order chi connectivity index (χ0) is 19.4. The topological polar surface area (TPSA) is 72.2 Å². The van der Waals surface area contributed by atoms with Crippen molar-refractivity contribution in [3.63, 3.8) is 0 Å². The van der Waals surface area contributed by atoms with Gasteiger partial charge in [-0.15, -0.1) is 0 Å². The van der Waals surface area contributed by atoms with Crippen molar-refractivity contribution in [2.24, 2.45) is 0 Å². The van der Waals surface area contributed by atoms with E-state index in [9.17, 15) is 23.7 Å². The van der Waals surface area contributed by atoms with Gasteiger partial charge in [0.25, 0.3) is 5.69 Å². The highest BCUT2D eigenvalue weighted by molar-refractivity contribution is 6.09. The molecule has 1 N–H and O–H groups in total. The molecule has 0 aliphatic rings. The highest BCUT2D eigenvalue weighted by atomic mass is 19.2. The average Bonchev–Trinajstić information content (AvgIpc) is 2.69. The standard InChI is InChI=1S/C20H14F2N2O3/c21-16-8-4-7-15(19(16)22)12-23-17-10-9-14(11-18(17)24(26)27)20(25)13-5-2-1-3-6-13/h1-11,23H,12H2. The van der Waals surface area contributed by atoms with Crippen molar-refractivity contribution in [3.05, 3.63) is 105 Å². The molecule has 0 aliphatic carbocycles. The minimum Gasteiger partial charge on any atom is -0.375 e. The van der Waals surface area contributed by atoms with Gasteiger partial charge in [-0.2, -0.15) is 0 Å². The maximum atomic E-state index is 13.7. The van der Waals surface area contributed by atoms with E-state index in [1.54, 1.807) is 30.3 Å². The Kier molecular flexibility index (Phi) is 5.21. The van der Waals surface area contributed by atoms with Gasteiger partial charge in [-0.25, -0.2) is 8.78 Å². The maximum Gasteiger partial charge on any atom is 0.293 e. The molecule has 0 heterocycles. The first-order chi connectivity index (χ1) is 13.0. The largest absolute Gasteiger partial charge is 0.375 e. The monoisotopic (exact) mass is 368 g/mol. The van der Waals surface area contributed by atoms with Gasteiger partial charge < -0.3 is 5.32 Å². The smallest absolute Gasteiger partial charge is 0.293 e. The molecule has 0 saturated heterocycles. The van der Waals surface area contributed by atoms with Crippen molar-refractivity contribution in [3.8, 4) is 0 Å². The van der Waals surface area contributed by atoms with Gasteiger partial charge in [0, 0.05) is 29.3 Å². The van der Waals surface area contributed by atoms with Crippen molar-refractivity contribution < 1.29 is 18.5 Å². The summed E-state index contributed by atoms with van der Waals surface area (Å²) in [6.45, 7) is -0.142. The molecule has 3 aromatic rings. The number of rotatable bonds is 6. The Morgan fingerprint density at radius 1 is 0.963 bits per heavy atom. The van der Waals surface area contributed by atoms with Crippen LogP contribution in [0.4, 0.5) is 20.2 Å². The number of carbonyl (C=O) groups is 1.